The molecule has 1 aliphatic heterocycles. The van der Waals surface area contributed by atoms with Gasteiger partial charge in [0.25, 0.3) is 0 Å². The Morgan fingerprint density at radius 2 is 2.09 bits per heavy atom. The molecule has 0 atom stereocenters. The number of rotatable bonds is 5. The smallest absolute Gasteiger partial charge is 0.326 e. The Balaban J connectivity index is 2.18. The molecule has 0 saturated heterocycles. The van der Waals surface area contributed by atoms with Crippen molar-refractivity contribution in [2.75, 3.05) is 7.11 Å². The lowest BCUT2D eigenvalue weighted by molar-refractivity contribution is -0.402. The Morgan fingerprint density at radius 3 is 2.68 bits per heavy atom. The topological polar surface area (TPSA) is 84.7 Å². The first kappa shape index (κ1) is 15.3. The number of methoxy groups -OCH3 is 1. The average Bonchev–Trinajstić information content (AvgIpc) is 2.49. The number of carbonyl (C=O) groups is 1. The number of nitrogens with one attached hydrogen (secondary N) is 1. The van der Waals surface area contributed by atoms with Crippen molar-refractivity contribution in [3.05, 3.63) is 76.3 Å². The van der Waals surface area contributed by atoms with Crippen LogP contribution in [-0.4, -0.2) is 23.0 Å². The highest BCUT2D eigenvalue weighted by Gasteiger charge is 2.20. The summed E-state index contributed by atoms with van der Waals surface area (Å²) in [4.78, 5) is 23.2. The highest BCUT2D eigenvalue weighted by Crippen LogP contribution is 2.18. The molecule has 0 radical (unpaired) electrons. The van der Waals surface area contributed by atoms with E-state index in [0.717, 1.165) is 17.5 Å². The molecule has 7 nitrogen and oxygen atoms in total. The van der Waals surface area contributed by atoms with Crippen LogP contribution in [0.5, 0.6) is 5.75 Å². The molecule has 2 rings (SSSR count). The Bertz CT molecular complexity index is 662. The van der Waals surface area contributed by atoms with E-state index in [4.69, 9.17) is 4.74 Å². The molecule has 0 unspecified atom stereocenters. The van der Waals surface area contributed by atoms with Crippen molar-refractivity contribution in [2.24, 2.45) is 0 Å². The van der Waals surface area contributed by atoms with Gasteiger partial charge in [-0.3, -0.25) is 15.0 Å². The van der Waals surface area contributed by atoms with Crippen LogP contribution in [0.2, 0.25) is 0 Å². The number of benzene rings is 1. The molecule has 1 aromatic carbocycles. The quantitative estimate of drug-likeness (QED) is 0.668. The number of nitro groups is 1. The standard InChI is InChI=1S/C15H15N3O4/c1-11-13(7-8-18(20)21)10-17(15(19)16-11)9-12-3-5-14(22-2)6-4-12/h3-8,10H,1,9H2,2H3,(H,16,19)/b8-7+. The van der Waals surface area contributed by atoms with Gasteiger partial charge in [-0.25, -0.2) is 4.79 Å². The highest BCUT2D eigenvalue weighted by atomic mass is 16.6. The molecule has 22 heavy (non-hydrogen) atoms. The van der Waals surface area contributed by atoms with Crippen LogP contribution in [0.3, 0.4) is 0 Å². The van der Waals surface area contributed by atoms with Gasteiger partial charge < -0.3 is 10.1 Å². The average molecular weight is 301 g/mol. The van der Waals surface area contributed by atoms with Gasteiger partial charge in [-0.2, -0.15) is 0 Å². The molecule has 0 bridgehead atoms. The van der Waals surface area contributed by atoms with Crippen LogP contribution in [0, 0.1) is 10.1 Å². The van der Waals surface area contributed by atoms with Crippen LogP contribution < -0.4 is 10.1 Å². The Morgan fingerprint density at radius 1 is 1.41 bits per heavy atom. The molecule has 114 valence electrons. The minimum atomic E-state index is -0.571. The molecule has 0 fully saturated rings. The van der Waals surface area contributed by atoms with Gasteiger partial charge in [0.15, 0.2) is 0 Å². The third-order valence-electron chi connectivity index (χ3n) is 3.05. The van der Waals surface area contributed by atoms with E-state index in [9.17, 15) is 14.9 Å². The van der Waals surface area contributed by atoms with E-state index in [1.165, 1.54) is 17.2 Å². The molecule has 0 saturated carbocycles. The predicted molar refractivity (Wildman–Crippen MR) is 80.4 cm³/mol. The molecule has 0 aromatic heterocycles. The molecule has 2 amide bonds. The first-order valence-electron chi connectivity index (χ1n) is 6.43. The molecule has 1 N–H and O–H groups in total. The summed E-state index contributed by atoms with van der Waals surface area (Å²) in [6.07, 6.45) is 3.63. The zero-order chi connectivity index (χ0) is 16.1. The molecular weight excluding hydrogens is 286 g/mol. The summed E-state index contributed by atoms with van der Waals surface area (Å²) in [5.41, 5.74) is 1.70. The van der Waals surface area contributed by atoms with Crippen LogP contribution in [0.4, 0.5) is 4.79 Å². The first-order valence-corrected chi connectivity index (χ1v) is 6.43. The second kappa shape index (κ2) is 6.57. The number of ether oxygens (including phenoxy) is 1. The molecule has 1 aromatic rings. The maximum atomic E-state index is 11.9. The van der Waals surface area contributed by atoms with Gasteiger partial charge in [-0.15, -0.1) is 0 Å². The monoisotopic (exact) mass is 301 g/mol. The van der Waals surface area contributed by atoms with Crippen LogP contribution >= 0.6 is 0 Å². The maximum absolute atomic E-state index is 11.9. The number of hydrogen-bond donors (Lipinski definition) is 1. The Labute approximate surface area is 127 Å². The number of urea groups is 1. The second-order valence-corrected chi connectivity index (χ2v) is 4.57. The minimum absolute atomic E-state index is 0.328. The fourth-order valence-corrected chi connectivity index (χ4v) is 1.91. The molecule has 0 aliphatic carbocycles. The summed E-state index contributed by atoms with van der Waals surface area (Å²) in [6.45, 7) is 4.00. The Hall–Kier alpha value is -3.09. The van der Waals surface area contributed by atoms with Crippen molar-refractivity contribution < 1.29 is 14.5 Å². The predicted octanol–water partition coefficient (Wildman–Crippen LogP) is 2.41. The number of hydrogen-bond acceptors (Lipinski definition) is 4. The van der Waals surface area contributed by atoms with Gasteiger partial charge in [-0.1, -0.05) is 18.7 Å². The second-order valence-electron chi connectivity index (χ2n) is 4.57. The van der Waals surface area contributed by atoms with Crippen LogP contribution in [0.25, 0.3) is 0 Å². The summed E-state index contributed by atoms with van der Waals surface area (Å²) < 4.78 is 5.08. The molecule has 7 heteroatoms. The van der Waals surface area contributed by atoms with Gasteiger partial charge in [0.1, 0.15) is 5.75 Å². The summed E-state index contributed by atoms with van der Waals surface area (Å²) in [6, 6.07) is 6.95. The van der Waals surface area contributed by atoms with E-state index >= 15 is 0 Å². The van der Waals surface area contributed by atoms with Crippen LogP contribution in [0.15, 0.2) is 60.6 Å². The van der Waals surface area contributed by atoms with E-state index in [2.05, 4.69) is 11.9 Å². The maximum Gasteiger partial charge on any atom is 0.326 e. The molecule has 0 spiro atoms. The van der Waals surface area contributed by atoms with Crippen molar-refractivity contribution in [3.63, 3.8) is 0 Å². The zero-order valence-corrected chi connectivity index (χ0v) is 12.0. The lowest BCUT2D eigenvalue weighted by atomic mass is 10.1. The number of amides is 2. The summed E-state index contributed by atoms with van der Waals surface area (Å²) in [7, 11) is 1.58. The summed E-state index contributed by atoms with van der Waals surface area (Å²) in [5, 5.41) is 13.0. The van der Waals surface area contributed by atoms with Crippen LogP contribution in [0.1, 0.15) is 5.56 Å². The van der Waals surface area contributed by atoms with E-state index in [-0.39, 0.29) is 6.03 Å². The third kappa shape index (κ3) is 3.72. The molecule has 1 heterocycles. The van der Waals surface area contributed by atoms with E-state index in [1.807, 2.05) is 12.1 Å². The largest absolute Gasteiger partial charge is 0.497 e. The third-order valence-corrected chi connectivity index (χ3v) is 3.05. The van der Waals surface area contributed by atoms with Crippen molar-refractivity contribution in [1.82, 2.24) is 10.2 Å². The van der Waals surface area contributed by atoms with Gasteiger partial charge in [0.2, 0.25) is 6.20 Å². The van der Waals surface area contributed by atoms with Gasteiger partial charge in [0.05, 0.1) is 18.6 Å². The highest BCUT2D eigenvalue weighted by molar-refractivity contribution is 5.80. The van der Waals surface area contributed by atoms with Crippen molar-refractivity contribution >= 4 is 6.03 Å². The normalized spacial score (nSPS) is 14.8. The van der Waals surface area contributed by atoms with Crippen molar-refractivity contribution in [2.45, 2.75) is 6.54 Å². The number of carbonyl (C=O) groups excluding carboxylic acids is 1. The zero-order valence-electron chi connectivity index (χ0n) is 12.0. The van der Waals surface area contributed by atoms with Crippen molar-refractivity contribution in [3.8, 4) is 5.75 Å². The first-order chi connectivity index (χ1) is 10.5. The van der Waals surface area contributed by atoms with E-state index in [1.54, 1.807) is 19.2 Å². The summed E-state index contributed by atoms with van der Waals surface area (Å²) >= 11 is 0. The lowest BCUT2D eigenvalue weighted by Crippen LogP contribution is -2.39. The number of nitrogens with zero attached hydrogens (tertiary/aromatic N) is 2. The molecular formula is C15H15N3O4. The summed E-state index contributed by atoms with van der Waals surface area (Å²) in [5.74, 6) is 0.727. The Kier molecular flexibility index (Phi) is 4.57. The lowest BCUT2D eigenvalue weighted by Gasteiger charge is -2.26. The van der Waals surface area contributed by atoms with E-state index in [0.29, 0.717) is 17.8 Å². The minimum Gasteiger partial charge on any atom is -0.497 e. The van der Waals surface area contributed by atoms with Gasteiger partial charge >= 0.3 is 6.03 Å². The molecule has 1 aliphatic rings. The van der Waals surface area contributed by atoms with Gasteiger partial charge in [0, 0.05) is 23.5 Å². The fraction of sp³-hybridized carbons (Fsp3) is 0.133. The number of allylic oxidation sites excluding steroid dienone is 1. The van der Waals surface area contributed by atoms with E-state index < -0.39 is 4.92 Å². The van der Waals surface area contributed by atoms with Crippen molar-refractivity contribution in [1.29, 1.82) is 0 Å². The fourth-order valence-electron chi connectivity index (χ4n) is 1.91. The van der Waals surface area contributed by atoms with Gasteiger partial charge in [-0.05, 0) is 17.7 Å². The SMILES string of the molecule is C=C1NC(=O)N(Cc2ccc(OC)cc2)C=C1/C=C/[N+](=O)[O-]. The van der Waals surface area contributed by atoms with Crippen LogP contribution in [-0.2, 0) is 6.54 Å².